The van der Waals surface area contributed by atoms with Gasteiger partial charge >= 0.3 is 0 Å². The van der Waals surface area contributed by atoms with Crippen molar-refractivity contribution in [3.8, 4) is 0 Å². The minimum atomic E-state index is -0.216. The normalized spacial score (nSPS) is 14.4. The molecule has 0 bridgehead atoms. The standard InChI is InChI=1S/C12H20N2O2/c1-4-7-13-12(15)10(3)14-9(2)11-6-5-8-16-11/h5-6,8-10,14H,4,7H2,1-3H3,(H,13,15)/t9-,10?/m1/s1. The van der Waals surface area contributed by atoms with E-state index in [2.05, 4.69) is 10.6 Å². The summed E-state index contributed by atoms with van der Waals surface area (Å²) in [7, 11) is 0. The Balaban J connectivity index is 2.38. The summed E-state index contributed by atoms with van der Waals surface area (Å²) in [5.41, 5.74) is 0. The summed E-state index contributed by atoms with van der Waals surface area (Å²) in [6.45, 7) is 6.58. The first kappa shape index (κ1) is 12.8. The third-order valence-corrected chi connectivity index (χ3v) is 2.41. The number of rotatable bonds is 6. The van der Waals surface area contributed by atoms with Gasteiger partial charge in [-0.2, -0.15) is 0 Å². The molecule has 1 aromatic rings. The van der Waals surface area contributed by atoms with Crippen LogP contribution in [-0.2, 0) is 4.79 Å². The average molecular weight is 224 g/mol. The molecule has 0 fully saturated rings. The lowest BCUT2D eigenvalue weighted by atomic mass is 10.2. The lowest BCUT2D eigenvalue weighted by molar-refractivity contribution is -0.122. The summed E-state index contributed by atoms with van der Waals surface area (Å²) in [6.07, 6.45) is 2.58. The van der Waals surface area contributed by atoms with Crippen LogP contribution in [0.25, 0.3) is 0 Å². The highest BCUT2D eigenvalue weighted by molar-refractivity contribution is 5.81. The first-order chi connectivity index (χ1) is 7.65. The Kier molecular flexibility index (Phi) is 5.05. The number of hydrogen-bond acceptors (Lipinski definition) is 3. The van der Waals surface area contributed by atoms with Gasteiger partial charge in [-0.1, -0.05) is 6.92 Å². The highest BCUT2D eigenvalue weighted by Gasteiger charge is 2.16. The zero-order chi connectivity index (χ0) is 12.0. The fraction of sp³-hybridized carbons (Fsp3) is 0.583. The highest BCUT2D eigenvalue weighted by atomic mass is 16.3. The van der Waals surface area contributed by atoms with Gasteiger partial charge in [-0.15, -0.1) is 0 Å². The van der Waals surface area contributed by atoms with Crippen LogP contribution in [0.15, 0.2) is 22.8 Å². The summed E-state index contributed by atoms with van der Waals surface area (Å²) in [6, 6.07) is 3.56. The zero-order valence-electron chi connectivity index (χ0n) is 10.1. The molecule has 0 radical (unpaired) electrons. The van der Waals surface area contributed by atoms with E-state index >= 15 is 0 Å². The van der Waals surface area contributed by atoms with Crippen molar-refractivity contribution in [2.75, 3.05) is 6.54 Å². The van der Waals surface area contributed by atoms with Crippen molar-refractivity contribution in [1.82, 2.24) is 10.6 Å². The highest BCUT2D eigenvalue weighted by Crippen LogP contribution is 2.12. The molecule has 0 aromatic carbocycles. The molecule has 0 aliphatic carbocycles. The van der Waals surface area contributed by atoms with Gasteiger partial charge in [-0.25, -0.2) is 0 Å². The smallest absolute Gasteiger partial charge is 0.236 e. The first-order valence-corrected chi connectivity index (χ1v) is 5.72. The molecule has 4 heteroatoms. The molecule has 0 spiro atoms. The minimum Gasteiger partial charge on any atom is -0.468 e. The van der Waals surface area contributed by atoms with Crippen LogP contribution in [-0.4, -0.2) is 18.5 Å². The monoisotopic (exact) mass is 224 g/mol. The van der Waals surface area contributed by atoms with Gasteiger partial charge in [-0.3, -0.25) is 10.1 Å². The third kappa shape index (κ3) is 3.70. The van der Waals surface area contributed by atoms with Crippen molar-refractivity contribution in [3.63, 3.8) is 0 Å². The van der Waals surface area contributed by atoms with Crippen molar-refractivity contribution < 1.29 is 9.21 Å². The van der Waals surface area contributed by atoms with Gasteiger partial charge in [0.1, 0.15) is 5.76 Å². The molecule has 0 saturated heterocycles. The quantitative estimate of drug-likeness (QED) is 0.775. The first-order valence-electron chi connectivity index (χ1n) is 5.72. The Morgan fingerprint density at radius 2 is 2.25 bits per heavy atom. The molecule has 1 rings (SSSR count). The molecule has 4 nitrogen and oxygen atoms in total. The lowest BCUT2D eigenvalue weighted by Crippen LogP contribution is -2.43. The van der Waals surface area contributed by atoms with Crippen molar-refractivity contribution in [1.29, 1.82) is 0 Å². The maximum Gasteiger partial charge on any atom is 0.236 e. The minimum absolute atomic E-state index is 0.0280. The van der Waals surface area contributed by atoms with Crippen molar-refractivity contribution in [3.05, 3.63) is 24.2 Å². The number of carbonyl (C=O) groups is 1. The number of nitrogens with one attached hydrogen (secondary N) is 2. The molecule has 1 aromatic heterocycles. The second-order valence-corrected chi connectivity index (χ2v) is 3.92. The van der Waals surface area contributed by atoms with E-state index in [0.29, 0.717) is 0 Å². The SMILES string of the molecule is CCCNC(=O)C(C)N[C@H](C)c1ccco1. The van der Waals surface area contributed by atoms with Crippen LogP contribution in [0.5, 0.6) is 0 Å². The average Bonchev–Trinajstić information content (AvgIpc) is 2.79. The summed E-state index contributed by atoms with van der Waals surface area (Å²) in [4.78, 5) is 11.6. The van der Waals surface area contributed by atoms with Crippen LogP contribution in [0.4, 0.5) is 0 Å². The van der Waals surface area contributed by atoms with E-state index in [1.165, 1.54) is 0 Å². The topological polar surface area (TPSA) is 54.3 Å². The summed E-state index contributed by atoms with van der Waals surface area (Å²) >= 11 is 0. The molecule has 2 atom stereocenters. The van der Waals surface area contributed by atoms with Gasteiger partial charge in [0.25, 0.3) is 0 Å². The Bertz CT molecular complexity index is 309. The molecule has 1 heterocycles. The fourth-order valence-electron chi connectivity index (χ4n) is 1.47. The van der Waals surface area contributed by atoms with Gasteiger partial charge in [0.2, 0.25) is 5.91 Å². The second-order valence-electron chi connectivity index (χ2n) is 3.92. The third-order valence-electron chi connectivity index (χ3n) is 2.41. The molecule has 1 amide bonds. The molecular formula is C12H20N2O2. The van der Waals surface area contributed by atoms with E-state index in [-0.39, 0.29) is 18.0 Å². The van der Waals surface area contributed by atoms with Crippen LogP contribution in [0.2, 0.25) is 0 Å². The Hall–Kier alpha value is -1.29. The van der Waals surface area contributed by atoms with Crippen LogP contribution >= 0.6 is 0 Å². The van der Waals surface area contributed by atoms with Crippen LogP contribution in [0.3, 0.4) is 0 Å². The van der Waals surface area contributed by atoms with Crippen molar-refractivity contribution >= 4 is 5.91 Å². The van der Waals surface area contributed by atoms with Gasteiger partial charge in [-0.05, 0) is 32.4 Å². The number of amides is 1. The molecule has 0 saturated carbocycles. The Labute approximate surface area is 96.4 Å². The van der Waals surface area contributed by atoms with Gasteiger partial charge in [0.15, 0.2) is 0 Å². The van der Waals surface area contributed by atoms with Crippen LogP contribution < -0.4 is 10.6 Å². The predicted octanol–water partition coefficient (Wildman–Crippen LogP) is 1.84. The van der Waals surface area contributed by atoms with Crippen LogP contribution in [0.1, 0.15) is 39.0 Å². The number of furan rings is 1. The van der Waals surface area contributed by atoms with Gasteiger partial charge in [0, 0.05) is 6.54 Å². The van der Waals surface area contributed by atoms with Crippen molar-refractivity contribution in [2.45, 2.75) is 39.3 Å². The second kappa shape index (κ2) is 6.33. The predicted molar refractivity (Wildman–Crippen MR) is 63.0 cm³/mol. The van der Waals surface area contributed by atoms with Gasteiger partial charge in [0.05, 0.1) is 18.3 Å². The van der Waals surface area contributed by atoms with E-state index in [4.69, 9.17) is 4.42 Å². The van der Waals surface area contributed by atoms with E-state index < -0.39 is 0 Å². The molecular weight excluding hydrogens is 204 g/mol. The van der Waals surface area contributed by atoms with E-state index in [1.807, 2.05) is 32.9 Å². The summed E-state index contributed by atoms with van der Waals surface area (Å²) in [5.74, 6) is 0.871. The van der Waals surface area contributed by atoms with Gasteiger partial charge < -0.3 is 9.73 Å². The maximum absolute atomic E-state index is 11.6. The largest absolute Gasteiger partial charge is 0.468 e. The lowest BCUT2D eigenvalue weighted by Gasteiger charge is -2.17. The molecule has 1 unspecified atom stereocenters. The van der Waals surface area contributed by atoms with E-state index in [0.717, 1.165) is 18.7 Å². The molecule has 90 valence electrons. The number of carbonyl (C=O) groups excluding carboxylic acids is 1. The van der Waals surface area contributed by atoms with E-state index in [9.17, 15) is 4.79 Å². The summed E-state index contributed by atoms with van der Waals surface area (Å²) in [5, 5.41) is 6.04. The molecule has 0 aliphatic rings. The van der Waals surface area contributed by atoms with E-state index in [1.54, 1.807) is 6.26 Å². The number of hydrogen-bond donors (Lipinski definition) is 2. The van der Waals surface area contributed by atoms with Crippen LogP contribution in [0, 0.1) is 0 Å². The maximum atomic E-state index is 11.6. The molecule has 0 aliphatic heterocycles. The van der Waals surface area contributed by atoms with Crippen molar-refractivity contribution in [2.24, 2.45) is 0 Å². The fourth-order valence-corrected chi connectivity index (χ4v) is 1.47. The molecule has 16 heavy (non-hydrogen) atoms. The zero-order valence-corrected chi connectivity index (χ0v) is 10.1. The Morgan fingerprint density at radius 1 is 1.50 bits per heavy atom. The summed E-state index contributed by atoms with van der Waals surface area (Å²) < 4.78 is 5.26. The Morgan fingerprint density at radius 3 is 2.81 bits per heavy atom. The molecule has 2 N–H and O–H groups in total.